The summed E-state index contributed by atoms with van der Waals surface area (Å²) in [5.41, 5.74) is 2.88. The number of benzene rings is 2. The number of carbonyl (C=O) groups is 1. The number of aromatic nitrogens is 1. The number of fused-ring (bicyclic) bond motifs is 3. The molecular formula is C26H26N2O3. The maximum Gasteiger partial charge on any atom is 0.345 e. The maximum absolute atomic E-state index is 13.4. The quantitative estimate of drug-likeness (QED) is 0.448. The first-order valence-corrected chi connectivity index (χ1v) is 11.0. The van der Waals surface area contributed by atoms with E-state index in [1.807, 2.05) is 40.7 Å². The van der Waals surface area contributed by atoms with Gasteiger partial charge in [-0.3, -0.25) is 4.79 Å². The van der Waals surface area contributed by atoms with Crippen molar-refractivity contribution in [1.82, 2.24) is 9.47 Å². The lowest BCUT2D eigenvalue weighted by Crippen LogP contribution is -2.39. The number of piperidine rings is 1. The molecule has 5 rings (SSSR count). The van der Waals surface area contributed by atoms with Crippen molar-refractivity contribution in [1.29, 1.82) is 0 Å². The minimum atomic E-state index is -0.392. The third kappa shape index (κ3) is 3.54. The molecule has 1 fully saturated rings. The predicted octanol–water partition coefficient (Wildman–Crippen LogP) is 4.86. The molecule has 0 bridgehead atoms. The van der Waals surface area contributed by atoms with E-state index in [1.54, 1.807) is 12.1 Å². The summed E-state index contributed by atoms with van der Waals surface area (Å²) in [7, 11) is 0. The lowest BCUT2D eigenvalue weighted by Gasteiger charge is -2.32. The SMILES string of the molecule is CCn1c(C(=O)N2CCC(Cc3ccccc3)CC2)cc2c(=O)oc3ccccc3c21. The second kappa shape index (κ2) is 8.06. The van der Waals surface area contributed by atoms with E-state index >= 15 is 0 Å². The van der Waals surface area contributed by atoms with E-state index in [1.165, 1.54) is 5.56 Å². The molecule has 1 amide bonds. The van der Waals surface area contributed by atoms with Gasteiger partial charge in [-0.1, -0.05) is 42.5 Å². The average Bonchev–Trinajstić information content (AvgIpc) is 3.20. The van der Waals surface area contributed by atoms with E-state index in [9.17, 15) is 9.59 Å². The third-order valence-corrected chi connectivity index (χ3v) is 6.47. The van der Waals surface area contributed by atoms with Gasteiger partial charge < -0.3 is 13.9 Å². The molecule has 0 saturated carbocycles. The summed E-state index contributed by atoms with van der Waals surface area (Å²) in [6.07, 6.45) is 3.06. The van der Waals surface area contributed by atoms with Crippen LogP contribution in [0.15, 0.2) is 69.9 Å². The van der Waals surface area contributed by atoms with Crippen molar-refractivity contribution in [3.8, 4) is 0 Å². The highest BCUT2D eigenvalue weighted by Gasteiger charge is 2.27. The summed E-state index contributed by atoms with van der Waals surface area (Å²) >= 11 is 0. The number of hydrogen-bond donors (Lipinski definition) is 0. The lowest BCUT2D eigenvalue weighted by molar-refractivity contribution is 0.0680. The van der Waals surface area contributed by atoms with Crippen LogP contribution in [-0.4, -0.2) is 28.5 Å². The van der Waals surface area contributed by atoms with E-state index < -0.39 is 5.63 Å². The normalized spacial score (nSPS) is 15.1. The van der Waals surface area contributed by atoms with E-state index in [4.69, 9.17) is 4.42 Å². The van der Waals surface area contributed by atoms with Crippen molar-refractivity contribution in [2.24, 2.45) is 5.92 Å². The number of para-hydroxylation sites is 1. The zero-order valence-electron chi connectivity index (χ0n) is 17.7. The number of aryl methyl sites for hydroxylation is 1. The Morgan fingerprint density at radius 2 is 1.71 bits per heavy atom. The van der Waals surface area contributed by atoms with Gasteiger partial charge in [-0.2, -0.15) is 0 Å². The Kier molecular flexibility index (Phi) is 5.10. The van der Waals surface area contributed by atoms with Crippen molar-refractivity contribution in [2.75, 3.05) is 13.1 Å². The molecule has 158 valence electrons. The van der Waals surface area contributed by atoms with Gasteiger partial charge in [0, 0.05) is 25.0 Å². The number of likely N-dealkylation sites (tertiary alicyclic amines) is 1. The molecule has 0 radical (unpaired) electrons. The molecule has 4 aromatic rings. The molecule has 0 N–H and O–H groups in total. The Hall–Kier alpha value is -3.34. The molecule has 5 heteroatoms. The Morgan fingerprint density at radius 1 is 1.00 bits per heavy atom. The van der Waals surface area contributed by atoms with Gasteiger partial charge in [0.2, 0.25) is 0 Å². The van der Waals surface area contributed by atoms with Crippen LogP contribution in [0.3, 0.4) is 0 Å². The highest BCUT2D eigenvalue weighted by molar-refractivity contribution is 6.07. The van der Waals surface area contributed by atoms with Crippen LogP contribution in [0, 0.1) is 5.92 Å². The van der Waals surface area contributed by atoms with Gasteiger partial charge in [-0.15, -0.1) is 0 Å². The maximum atomic E-state index is 13.4. The molecule has 5 nitrogen and oxygen atoms in total. The molecule has 3 heterocycles. The molecule has 31 heavy (non-hydrogen) atoms. The van der Waals surface area contributed by atoms with Crippen LogP contribution in [-0.2, 0) is 13.0 Å². The first kappa shape index (κ1) is 19.6. The smallest absolute Gasteiger partial charge is 0.345 e. The summed E-state index contributed by atoms with van der Waals surface area (Å²) in [6, 6.07) is 19.8. The van der Waals surface area contributed by atoms with Crippen LogP contribution >= 0.6 is 0 Å². The first-order chi connectivity index (χ1) is 15.2. The van der Waals surface area contributed by atoms with Crippen molar-refractivity contribution in [3.05, 3.63) is 82.3 Å². The predicted molar refractivity (Wildman–Crippen MR) is 122 cm³/mol. The van der Waals surface area contributed by atoms with Crippen LogP contribution in [0.2, 0.25) is 0 Å². The zero-order chi connectivity index (χ0) is 21.4. The number of rotatable bonds is 4. The third-order valence-electron chi connectivity index (χ3n) is 6.47. The topological polar surface area (TPSA) is 55.5 Å². The Balaban J connectivity index is 1.42. The summed E-state index contributed by atoms with van der Waals surface area (Å²) in [5, 5.41) is 1.34. The van der Waals surface area contributed by atoms with Gasteiger partial charge in [-0.25, -0.2) is 4.79 Å². The summed E-state index contributed by atoms with van der Waals surface area (Å²) in [6.45, 7) is 4.11. The minimum absolute atomic E-state index is 0.000285. The largest absolute Gasteiger partial charge is 0.422 e. The number of nitrogens with zero attached hydrogens (tertiary/aromatic N) is 2. The molecular weight excluding hydrogens is 388 g/mol. The molecule has 0 aliphatic carbocycles. The molecule has 0 atom stereocenters. The Morgan fingerprint density at radius 3 is 2.45 bits per heavy atom. The number of hydrogen-bond acceptors (Lipinski definition) is 3. The fourth-order valence-electron chi connectivity index (χ4n) is 4.86. The Bertz CT molecular complexity index is 1290. The van der Waals surface area contributed by atoms with Gasteiger partial charge in [0.05, 0.1) is 10.9 Å². The highest BCUT2D eigenvalue weighted by atomic mass is 16.4. The highest BCUT2D eigenvalue weighted by Crippen LogP contribution is 2.28. The van der Waals surface area contributed by atoms with Crippen molar-refractivity contribution in [2.45, 2.75) is 32.7 Å². The monoisotopic (exact) mass is 414 g/mol. The van der Waals surface area contributed by atoms with Crippen LogP contribution in [0.4, 0.5) is 0 Å². The number of amides is 1. The van der Waals surface area contributed by atoms with Gasteiger partial charge in [0.15, 0.2) is 0 Å². The molecule has 1 aliphatic rings. The van der Waals surface area contributed by atoms with Crippen LogP contribution in [0.1, 0.15) is 35.8 Å². The first-order valence-electron chi connectivity index (χ1n) is 11.0. The van der Waals surface area contributed by atoms with Gasteiger partial charge >= 0.3 is 5.63 Å². The standard InChI is InChI=1S/C26H26N2O3/c1-2-28-22(17-21-24(28)20-10-6-7-11-23(20)31-26(21)30)25(29)27-14-12-19(13-15-27)16-18-8-4-3-5-9-18/h3-11,17,19H,2,12-16H2,1H3. The minimum Gasteiger partial charge on any atom is -0.422 e. The average molecular weight is 415 g/mol. The van der Waals surface area contributed by atoms with E-state index in [-0.39, 0.29) is 5.91 Å². The molecule has 1 saturated heterocycles. The summed E-state index contributed by atoms with van der Waals surface area (Å²) < 4.78 is 7.46. The van der Waals surface area contributed by atoms with Crippen LogP contribution < -0.4 is 5.63 Å². The fourth-order valence-corrected chi connectivity index (χ4v) is 4.86. The fraction of sp³-hybridized carbons (Fsp3) is 0.308. The zero-order valence-corrected chi connectivity index (χ0v) is 17.7. The second-order valence-corrected chi connectivity index (χ2v) is 8.35. The molecule has 1 aliphatic heterocycles. The van der Waals surface area contributed by atoms with Crippen LogP contribution in [0.25, 0.3) is 21.9 Å². The van der Waals surface area contributed by atoms with E-state index in [2.05, 4.69) is 24.3 Å². The Labute approximate surface area is 180 Å². The molecule has 2 aromatic carbocycles. The molecule has 2 aromatic heterocycles. The van der Waals surface area contributed by atoms with Crippen molar-refractivity contribution >= 4 is 27.8 Å². The van der Waals surface area contributed by atoms with E-state index in [0.29, 0.717) is 29.1 Å². The van der Waals surface area contributed by atoms with E-state index in [0.717, 1.165) is 43.3 Å². The second-order valence-electron chi connectivity index (χ2n) is 8.35. The molecule has 0 spiro atoms. The number of carbonyl (C=O) groups excluding carboxylic acids is 1. The lowest BCUT2D eigenvalue weighted by atomic mass is 9.90. The summed E-state index contributed by atoms with van der Waals surface area (Å²) in [4.78, 5) is 28.0. The summed E-state index contributed by atoms with van der Waals surface area (Å²) in [5.74, 6) is 0.596. The van der Waals surface area contributed by atoms with Gasteiger partial charge in [0.1, 0.15) is 11.3 Å². The van der Waals surface area contributed by atoms with Gasteiger partial charge in [-0.05, 0) is 55.9 Å². The van der Waals surface area contributed by atoms with Gasteiger partial charge in [0.25, 0.3) is 5.91 Å². The molecule has 0 unspecified atom stereocenters. The van der Waals surface area contributed by atoms with Crippen molar-refractivity contribution < 1.29 is 9.21 Å². The van der Waals surface area contributed by atoms with Crippen LogP contribution in [0.5, 0.6) is 0 Å². The van der Waals surface area contributed by atoms with Crippen molar-refractivity contribution in [3.63, 3.8) is 0 Å².